The normalized spacial score (nSPS) is 15.2. The summed E-state index contributed by atoms with van der Waals surface area (Å²) in [5.41, 5.74) is 1.03. The average molecular weight is 252 g/mol. The van der Waals surface area contributed by atoms with Gasteiger partial charge < -0.3 is 9.84 Å². The van der Waals surface area contributed by atoms with Crippen LogP contribution in [0.15, 0.2) is 12.4 Å². The van der Waals surface area contributed by atoms with Gasteiger partial charge in [0, 0.05) is 12.5 Å². The second kappa shape index (κ2) is 6.14. The molecule has 2 unspecified atom stereocenters. The number of methoxy groups -OCH3 is 1. The Morgan fingerprint density at radius 2 is 2.00 bits per heavy atom. The van der Waals surface area contributed by atoms with E-state index in [4.69, 9.17) is 4.74 Å². The van der Waals surface area contributed by atoms with Crippen LogP contribution in [0.4, 0.5) is 0 Å². The van der Waals surface area contributed by atoms with E-state index < -0.39 is 0 Å². The van der Waals surface area contributed by atoms with Crippen molar-refractivity contribution in [1.29, 1.82) is 0 Å². The Balaban J connectivity index is 2.56. The van der Waals surface area contributed by atoms with E-state index in [1.54, 1.807) is 13.2 Å². The van der Waals surface area contributed by atoms with Gasteiger partial charge in [0.05, 0.1) is 18.9 Å². The summed E-state index contributed by atoms with van der Waals surface area (Å²) in [6.45, 7) is 8.75. The molecule has 4 heteroatoms. The summed E-state index contributed by atoms with van der Waals surface area (Å²) >= 11 is 0. The first-order valence-corrected chi connectivity index (χ1v) is 6.36. The van der Waals surface area contributed by atoms with Gasteiger partial charge >= 0.3 is 0 Å². The van der Waals surface area contributed by atoms with E-state index in [9.17, 15) is 5.11 Å². The number of aliphatic hydroxyl groups is 1. The minimum absolute atomic E-state index is 0.213. The van der Waals surface area contributed by atoms with E-state index in [-0.39, 0.29) is 11.5 Å². The number of rotatable bonds is 5. The average Bonchev–Trinajstić information content (AvgIpc) is 2.27. The van der Waals surface area contributed by atoms with Crippen molar-refractivity contribution in [3.8, 4) is 5.88 Å². The fourth-order valence-corrected chi connectivity index (χ4v) is 1.69. The van der Waals surface area contributed by atoms with Crippen molar-refractivity contribution in [2.45, 2.75) is 46.6 Å². The molecule has 0 amide bonds. The lowest BCUT2D eigenvalue weighted by Crippen LogP contribution is -2.24. The smallest absolute Gasteiger partial charge is 0.216 e. The Hall–Kier alpha value is -1.16. The summed E-state index contributed by atoms with van der Waals surface area (Å²) in [7, 11) is 1.57. The van der Waals surface area contributed by atoms with E-state index in [1.165, 1.54) is 6.33 Å². The Bertz CT molecular complexity index is 374. The van der Waals surface area contributed by atoms with Crippen molar-refractivity contribution in [2.75, 3.05) is 7.11 Å². The summed E-state index contributed by atoms with van der Waals surface area (Å²) in [5, 5.41) is 10.1. The summed E-state index contributed by atoms with van der Waals surface area (Å²) in [5.74, 6) is 0.993. The minimum atomic E-state index is -0.376. The van der Waals surface area contributed by atoms with Gasteiger partial charge in [-0.05, 0) is 17.8 Å². The van der Waals surface area contributed by atoms with Gasteiger partial charge in [0.1, 0.15) is 6.33 Å². The Labute approximate surface area is 109 Å². The molecule has 2 atom stereocenters. The first kappa shape index (κ1) is 14.9. The van der Waals surface area contributed by atoms with Gasteiger partial charge in [0.25, 0.3) is 0 Å². The van der Waals surface area contributed by atoms with Crippen LogP contribution in [-0.4, -0.2) is 28.3 Å². The maximum atomic E-state index is 10.1. The Morgan fingerprint density at radius 1 is 1.33 bits per heavy atom. The number of hydrogen-bond acceptors (Lipinski definition) is 4. The molecule has 0 aliphatic rings. The third-order valence-corrected chi connectivity index (χ3v) is 3.46. The first-order valence-electron chi connectivity index (χ1n) is 6.36. The van der Waals surface area contributed by atoms with Gasteiger partial charge in [-0.2, -0.15) is 0 Å². The summed E-state index contributed by atoms with van der Waals surface area (Å²) in [6, 6.07) is 1.77. The number of ether oxygens (including phenoxy) is 1. The van der Waals surface area contributed by atoms with Crippen LogP contribution in [0, 0.1) is 11.3 Å². The van der Waals surface area contributed by atoms with Crippen LogP contribution in [0.25, 0.3) is 0 Å². The predicted molar refractivity (Wildman–Crippen MR) is 71.5 cm³/mol. The molecular formula is C14H24N2O2. The third kappa shape index (κ3) is 4.61. The van der Waals surface area contributed by atoms with E-state index in [0.717, 1.165) is 12.1 Å². The van der Waals surface area contributed by atoms with Gasteiger partial charge in [-0.25, -0.2) is 9.97 Å². The first-order chi connectivity index (χ1) is 8.32. The highest BCUT2D eigenvalue weighted by Gasteiger charge is 2.23. The lowest BCUT2D eigenvalue weighted by atomic mass is 9.78. The zero-order chi connectivity index (χ0) is 13.8. The van der Waals surface area contributed by atoms with E-state index >= 15 is 0 Å². The summed E-state index contributed by atoms with van der Waals surface area (Å²) in [4.78, 5) is 8.10. The van der Waals surface area contributed by atoms with Gasteiger partial charge in [-0.1, -0.05) is 27.7 Å². The third-order valence-electron chi connectivity index (χ3n) is 3.46. The minimum Gasteiger partial charge on any atom is -0.481 e. The lowest BCUT2D eigenvalue weighted by molar-refractivity contribution is 0.109. The van der Waals surface area contributed by atoms with Crippen molar-refractivity contribution in [3.05, 3.63) is 18.1 Å². The number of aromatic nitrogens is 2. The Kier molecular flexibility index (Phi) is 5.08. The maximum absolute atomic E-state index is 10.1. The van der Waals surface area contributed by atoms with Gasteiger partial charge in [-0.15, -0.1) is 0 Å². The van der Waals surface area contributed by atoms with Gasteiger partial charge in [0.15, 0.2) is 0 Å². The van der Waals surface area contributed by atoms with Crippen LogP contribution in [0.3, 0.4) is 0 Å². The maximum Gasteiger partial charge on any atom is 0.216 e. The van der Waals surface area contributed by atoms with E-state index in [1.807, 2.05) is 0 Å². The standard InChI is InChI=1S/C14H24N2O2/c1-10(14(2,3)4)6-12(17)7-11-8-13(18-5)16-9-15-11/h8-10,12,17H,6-7H2,1-5H3. The van der Waals surface area contributed by atoms with Crippen molar-refractivity contribution >= 4 is 0 Å². The molecule has 0 radical (unpaired) electrons. The second-order valence-electron chi connectivity index (χ2n) is 5.91. The van der Waals surface area contributed by atoms with Crippen LogP contribution in [-0.2, 0) is 6.42 Å². The quantitative estimate of drug-likeness (QED) is 0.874. The van der Waals surface area contributed by atoms with Crippen molar-refractivity contribution < 1.29 is 9.84 Å². The summed E-state index contributed by atoms with van der Waals surface area (Å²) < 4.78 is 5.04. The molecule has 0 aliphatic heterocycles. The van der Waals surface area contributed by atoms with Crippen LogP contribution >= 0.6 is 0 Å². The van der Waals surface area contributed by atoms with Crippen molar-refractivity contribution in [3.63, 3.8) is 0 Å². The molecule has 0 fully saturated rings. The topological polar surface area (TPSA) is 55.2 Å². The monoisotopic (exact) mass is 252 g/mol. The van der Waals surface area contributed by atoms with Crippen LogP contribution in [0.2, 0.25) is 0 Å². The molecule has 0 aliphatic carbocycles. The fraction of sp³-hybridized carbons (Fsp3) is 0.714. The molecule has 4 nitrogen and oxygen atoms in total. The molecule has 1 aromatic heterocycles. The molecule has 0 saturated heterocycles. The highest BCUT2D eigenvalue weighted by atomic mass is 16.5. The highest BCUT2D eigenvalue weighted by molar-refractivity contribution is 5.13. The molecule has 1 aromatic rings. The molecule has 0 saturated carbocycles. The summed E-state index contributed by atoms with van der Waals surface area (Å²) in [6.07, 6.45) is 2.40. The van der Waals surface area contributed by atoms with Crippen molar-refractivity contribution in [2.24, 2.45) is 11.3 Å². The number of hydrogen-bond donors (Lipinski definition) is 1. The Morgan fingerprint density at radius 3 is 2.56 bits per heavy atom. The number of nitrogens with zero attached hydrogens (tertiary/aromatic N) is 2. The van der Waals surface area contributed by atoms with Gasteiger partial charge in [0.2, 0.25) is 5.88 Å². The fourth-order valence-electron chi connectivity index (χ4n) is 1.69. The zero-order valence-electron chi connectivity index (χ0n) is 12.0. The molecule has 0 aromatic carbocycles. The largest absolute Gasteiger partial charge is 0.481 e. The van der Waals surface area contributed by atoms with Gasteiger partial charge in [-0.3, -0.25) is 0 Å². The molecular weight excluding hydrogens is 228 g/mol. The van der Waals surface area contributed by atoms with Crippen molar-refractivity contribution in [1.82, 2.24) is 9.97 Å². The molecule has 1 N–H and O–H groups in total. The zero-order valence-corrected chi connectivity index (χ0v) is 12.0. The molecule has 18 heavy (non-hydrogen) atoms. The number of aliphatic hydroxyl groups excluding tert-OH is 1. The molecule has 0 bridgehead atoms. The second-order valence-corrected chi connectivity index (χ2v) is 5.91. The van der Waals surface area contributed by atoms with Crippen LogP contribution < -0.4 is 4.74 Å². The lowest BCUT2D eigenvalue weighted by Gasteiger charge is -2.29. The van der Waals surface area contributed by atoms with E-state index in [0.29, 0.717) is 18.2 Å². The highest BCUT2D eigenvalue weighted by Crippen LogP contribution is 2.29. The van der Waals surface area contributed by atoms with Crippen LogP contribution in [0.1, 0.15) is 39.8 Å². The molecule has 1 heterocycles. The molecule has 1 rings (SSSR count). The molecule has 0 spiro atoms. The molecule has 102 valence electrons. The SMILES string of the molecule is COc1cc(CC(O)CC(C)C(C)(C)C)ncn1. The predicted octanol–water partition coefficient (Wildman–Crippen LogP) is 2.46. The van der Waals surface area contributed by atoms with E-state index in [2.05, 4.69) is 37.7 Å². The van der Waals surface area contributed by atoms with Crippen LogP contribution in [0.5, 0.6) is 5.88 Å².